The van der Waals surface area contributed by atoms with Crippen molar-refractivity contribution in [2.24, 2.45) is 5.92 Å². The normalized spacial score (nSPS) is 11.3. The van der Waals surface area contributed by atoms with Crippen LogP contribution in [-0.4, -0.2) is 24.1 Å². The fraction of sp³-hybridized carbons (Fsp3) is 0.286. The standard InChI is InChI=1S/C14H12ClFN2O3/c1-8(18)10(6-17)13(19)7-21-14(20)5-9-11(15)3-2-4-12(9)16/h2-4,10,18H,5,7H2,1H3. The van der Waals surface area contributed by atoms with Crippen LogP contribution in [-0.2, 0) is 20.7 Å². The SMILES string of the molecule is CC(=N)C(C#N)C(=O)COC(=O)Cc1c(F)cccc1Cl. The molecule has 1 aromatic carbocycles. The molecule has 0 saturated carbocycles. The van der Waals surface area contributed by atoms with Crippen LogP contribution in [0.25, 0.3) is 0 Å². The van der Waals surface area contributed by atoms with Gasteiger partial charge in [0, 0.05) is 16.3 Å². The molecule has 0 aliphatic heterocycles. The fourth-order valence-corrected chi connectivity index (χ4v) is 1.77. The molecule has 1 rings (SSSR count). The highest BCUT2D eigenvalue weighted by molar-refractivity contribution is 6.31. The average molecular weight is 311 g/mol. The highest BCUT2D eigenvalue weighted by Gasteiger charge is 2.22. The predicted molar refractivity (Wildman–Crippen MR) is 73.6 cm³/mol. The van der Waals surface area contributed by atoms with Gasteiger partial charge in [-0.2, -0.15) is 5.26 Å². The maximum atomic E-state index is 13.5. The van der Waals surface area contributed by atoms with Crippen molar-refractivity contribution in [2.45, 2.75) is 13.3 Å². The van der Waals surface area contributed by atoms with Crippen molar-refractivity contribution in [1.82, 2.24) is 0 Å². The molecule has 1 unspecified atom stereocenters. The first-order chi connectivity index (χ1) is 9.86. The van der Waals surface area contributed by atoms with E-state index in [1.165, 1.54) is 19.1 Å². The summed E-state index contributed by atoms with van der Waals surface area (Å²) in [5, 5.41) is 16.1. The summed E-state index contributed by atoms with van der Waals surface area (Å²) >= 11 is 5.76. The molecule has 21 heavy (non-hydrogen) atoms. The third-order valence-corrected chi connectivity index (χ3v) is 3.00. The van der Waals surface area contributed by atoms with Gasteiger partial charge < -0.3 is 10.1 Å². The average Bonchev–Trinajstić information content (AvgIpc) is 2.41. The van der Waals surface area contributed by atoms with E-state index < -0.39 is 36.5 Å². The Balaban J connectivity index is 2.62. The molecule has 0 aromatic heterocycles. The topological polar surface area (TPSA) is 91.0 Å². The van der Waals surface area contributed by atoms with Crippen molar-refractivity contribution in [3.8, 4) is 6.07 Å². The molecule has 0 spiro atoms. The lowest BCUT2D eigenvalue weighted by Crippen LogP contribution is -2.26. The van der Waals surface area contributed by atoms with Gasteiger partial charge in [0.1, 0.15) is 11.7 Å². The van der Waals surface area contributed by atoms with Gasteiger partial charge in [-0.1, -0.05) is 17.7 Å². The molecule has 0 aliphatic rings. The molecule has 0 heterocycles. The van der Waals surface area contributed by atoms with E-state index in [1.807, 2.05) is 0 Å². The summed E-state index contributed by atoms with van der Waals surface area (Å²) in [6.07, 6.45) is -0.417. The molecule has 1 N–H and O–H groups in total. The van der Waals surface area contributed by atoms with E-state index in [-0.39, 0.29) is 16.3 Å². The Kier molecular flexibility index (Phi) is 6.00. The molecule has 0 bridgehead atoms. The Morgan fingerprint density at radius 3 is 2.71 bits per heavy atom. The van der Waals surface area contributed by atoms with Crippen molar-refractivity contribution in [3.63, 3.8) is 0 Å². The lowest BCUT2D eigenvalue weighted by molar-refractivity contribution is -0.147. The Morgan fingerprint density at radius 2 is 2.19 bits per heavy atom. The molecular formula is C14H12ClFN2O3. The number of ether oxygens (including phenoxy) is 1. The summed E-state index contributed by atoms with van der Waals surface area (Å²) in [6, 6.07) is 5.64. The van der Waals surface area contributed by atoms with Crippen LogP contribution >= 0.6 is 11.6 Å². The van der Waals surface area contributed by atoms with Crippen LogP contribution in [0.3, 0.4) is 0 Å². The Labute approximate surface area is 125 Å². The van der Waals surface area contributed by atoms with E-state index in [2.05, 4.69) is 4.74 Å². The van der Waals surface area contributed by atoms with E-state index in [9.17, 15) is 14.0 Å². The summed E-state index contributed by atoms with van der Waals surface area (Å²) in [4.78, 5) is 23.1. The van der Waals surface area contributed by atoms with E-state index in [0.29, 0.717) is 0 Å². The van der Waals surface area contributed by atoms with Gasteiger partial charge in [0.25, 0.3) is 0 Å². The van der Waals surface area contributed by atoms with Gasteiger partial charge in [-0.15, -0.1) is 0 Å². The van der Waals surface area contributed by atoms with E-state index in [1.54, 1.807) is 6.07 Å². The number of carbonyl (C=O) groups excluding carboxylic acids is 2. The van der Waals surface area contributed by atoms with Crippen LogP contribution < -0.4 is 0 Å². The minimum atomic E-state index is -1.24. The third-order valence-electron chi connectivity index (χ3n) is 2.64. The highest BCUT2D eigenvalue weighted by atomic mass is 35.5. The Bertz CT molecular complexity index is 605. The zero-order chi connectivity index (χ0) is 16.0. The number of hydrogen-bond donors (Lipinski definition) is 1. The van der Waals surface area contributed by atoms with Crippen LogP contribution in [0.15, 0.2) is 18.2 Å². The van der Waals surface area contributed by atoms with E-state index in [0.717, 1.165) is 6.07 Å². The first kappa shape index (κ1) is 16.8. The summed E-state index contributed by atoms with van der Waals surface area (Å²) < 4.78 is 18.2. The van der Waals surface area contributed by atoms with Gasteiger partial charge in [-0.3, -0.25) is 9.59 Å². The van der Waals surface area contributed by atoms with Crippen LogP contribution in [0.1, 0.15) is 12.5 Å². The summed E-state index contributed by atoms with van der Waals surface area (Å²) in [5.41, 5.74) is -0.146. The van der Waals surface area contributed by atoms with Gasteiger partial charge in [0.15, 0.2) is 12.4 Å². The summed E-state index contributed by atoms with van der Waals surface area (Å²) in [7, 11) is 0. The van der Waals surface area contributed by atoms with Gasteiger partial charge in [-0.05, 0) is 19.1 Å². The van der Waals surface area contributed by atoms with Crippen LogP contribution in [0, 0.1) is 28.5 Å². The second-order valence-electron chi connectivity index (χ2n) is 4.25. The van der Waals surface area contributed by atoms with Crippen LogP contribution in [0.4, 0.5) is 4.39 Å². The molecule has 0 saturated heterocycles. The maximum Gasteiger partial charge on any atom is 0.310 e. The molecule has 5 nitrogen and oxygen atoms in total. The zero-order valence-electron chi connectivity index (χ0n) is 11.2. The van der Waals surface area contributed by atoms with Crippen molar-refractivity contribution in [2.75, 3.05) is 6.61 Å². The number of ketones is 1. The molecule has 1 atom stereocenters. The van der Waals surface area contributed by atoms with Gasteiger partial charge in [-0.25, -0.2) is 4.39 Å². The van der Waals surface area contributed by atoms with E-state index >= 15 is 0 Å². The molecule has 0 fully saturated rings. The second-order valence-corrected chi connectivity index (χ2v) is 4.66. The lowest BCUT2D eigenvalue weighted by atomic mass is 10.0. The first-order valence-corrected chi connectivity index (χ1v) is 6.30. The van der Waals surface area contributed by atoms with Crippen LogP contribution in [0.5, 0.6) is 0 Å². The molecule has 1 aromatic rings. The number of Topliss-reactive ketones (excluding diaryl/α,β-unsaturated/α-hetero) is 1. The smallest absolute Gasteiger partial charge is 0.310 e. The minimum Gasteiger partial charge on any atom is -0.457 e. The quantitative estimate of drug-likeness (QED) is 0.644. The Morgan fingerprint density at radius 1 is 1.52 bits per heavy atom. The van der Waals surface area contributed by atoms with Crippen molar-refractivity contribution in [1.29, 1.82) is 10.7 Å². The number of nitriles is 1. The van der Waals surface area contributed by atoms with Gasteiger partial charge in [0.05, 0.1) is 12.5 Å². The molecule has 110 valence electrons. The van der Waals surface area contributed by atoms with Gasteiger partial charge in [0.2, 0.25) is 0 Å². The lowest BCUT2D eigenvalue weighted by Gasteiger charge is -2.08. The summed E-state index contributed by atoms with van der Waals surface area (Å²) in [6.45, 7) is 0.673. The van der Waals surface area contributed by atoms with Crippen molar-refractivity contribution < 1.29 is 18.7 Å². The molecule has 0 aliphatic carbocycles. The second kappa shape index (κ2) is 7.50. The number of rotatable bonds is 6. The predicted octanol–water partition coefficient (Wildman–Crippen LogP) is 2.31. The van der Waals surface area contributed by atoms with Crippen molar-refractivity contribution >= 4 is 29.1 Å². The number of hydrogen-bond acceptors (Lipinski definition) is 5. The van der Waals surface area contributed by atoms with E-state index in [4.69, 9.17) is 22.3 Å². The summed E-state index contributed by atoms with van der Waals surface area (Å²) in [5.74, 6) is -3.42. The third kappa shape index (κ3) is 4.65. The Hall–Kier alpha value is -2.26. The number of halogens is 2. The fourth-order valence-electron chi connectivity index (χ4n) is 1.54. The highest BCUT2D eigenvalue weighted by Crippen LogP contribution is 2.19. The minimum absolute atomic E-state index is 0.0170. The number of nitrogens with zero attached hydrogens (tertiary/aromatic N) is 1. The number of nitrogens with one attached hydrogen (secondary N) is 1. The molecule has 0 radical (unpaired) electrons. The number of benzene rings is 1. The molecular weight excluding hydrogens is 299 g/mol. The van der Waals surface area contributed by atoms with Crippen LogP contribution in [0.2, 0.25) is 5.02 Å². The zero-order valence-corrected chi connectivity index (χ0v) is 11.9. The van der Waals surface area contributed by atoms with Crippen molar-refractivity contribution in [3.05, 3.63) is 34.6 Å². The molecule has 7 heteroatoms. The largest absolute Gasteiger partial charge is 0.457 e. The first-order valence-electron chi connectivity index (χ1n) is 5.92. The van der Waals surface area contributed by atoms with Gasteiger partial charge >= 0.3 is 5.97 Å². The maximum absolute atomic E-state index is 13.5. The number of carbonyl (C=O) groups is 2. The number of esters is 1. The monoisotopic (exact) mass is 310 g/mol. The molecule has 0 amide bonds.